The normalized spacial score (nSPS) is 24.4. The third-order valence-electron chi connectivity index (χ3n) is 4.58. The zero-order valence-corrected chi connectivity index (χ0v) is 13.2. The quantitative estimate of drug-likeness (QED) is 0.925. The van der Waals surface area contributed by atoms with E-state index < -0.39 is 0 Å². The summed E-state index contributed by atoms with van der Waals surface area (Å²) in [6, 6.07) is 9.41. The average Bonchev–Trinajstić information content (AvgIpc) is 2.81. The fraction of sp³-hybridized carbons (Fsp3) is 0.529. The highest BCUT2D eigenvalue weighted by Gasteiger charge is 2.24. The van der Waals surface area contributed by atoms with Crippen LogP contribution in [-0.4, -0.2) is 17.5 Å². The summed E-state index contributed by atoms with van der Waals surface area (Å²) in [6.07, 6.45) is 2.69. The maximum atomic E-state index is 5.97. The molecule has 0 saturated carbocycles. The Morgan fingerprint density at radius 1 is 1.25 bits per heavy atom. The van der Waals surface area contributed by atoms with E-state index in [0.717, 1.165) is 12.5 Å². The molecule has 0 bridgehead atoms. The number of thiophene rings is 1. The Bertz CT molecular complexity index is 590. The predicted molar refractivity (Wildman–Crippen MR) is 88.0 cm³/mol. The highest BCUT2D eigenvalue weighted by molar-refractivity contribution is 7.19. The Balaban J connectivity index is 1.93. The molecular weight excluding hydrogens is 264 g/mol. The molecule has 2 heterocycles. The van der Waals surface area contributed by atoms with Gasteiger partial charge in [-0.2, -0.15) is 0 Å². The van der Waals surface area contributed by atoms with Crippen molar-refractivity contribution in [2.75, 3.05) is 6.54 Å². The van der Waals surface area contributed by atoms with Crippen molar-refractivity contribution in [3.05, 3.63) is 34.7 Å². The molecule has 1 aliphatic rings. The molecule has 3 heteroatoms. The molecule has 20 heavy (non-hydrogen) atoms. The Morgan fingerprint density at radius 3 is 2.85 bits per heavy atom. The largest absolute Gasteiger partial charge is 0.326 e. The van der Waals surface area contributed by atoms with Crippen molar-refractivity contribution in [2.24, 2.45) is 11.7 Å². The zero-order valence-electron chi connectivity index (χ0n) is 12.4. The van der Waals surface area contributed by atoms with Crippen molar-refractivity contribution in [1.29, 1.82) is 0 Å². The minimum Gasteiger partial charge on any atom is -0.326 e. The van der Waals surface area contributed by atoms with E-state index in [9.17, 15) is 0 Å². The van der Waals surface area contributed by atoms with Gasteiger partial charge in [-0.05, 0) is 42.7 Å². The van der Waals surface area contributed by atoms with Crippen LogP contribution in [-0.2, 0) is 13.1 Å². The molecule has 0 radical (unpaired) electrons. The molecule has 0 amide bonds. The van der Waals surface area contributed by atoms with Gasteiger partial charge >= 0.3 is 0 Å². The van der Waals surface area contributed by atoms with Crippen LogP contribution in [0.5, 0.6) is 0 Å². The molecule has 1 aliphatic heterocycles. The number of piperidine rings is 1. The second-order valence-corrected chi connectivity index (χ2v) is 7.30. The summed E-state index contributed by atoms with van der Waals surface area (Å²) in [5.74, 6) is 0.817. The Kier molecular flexibility index (Phi) is 4.11. The van der Waals surface area contributed by atoms with E-state index in [0.29, 0.717) is 12.6 Å². The molecule has 2 nitrogen and oxygen atoms in total. The highest BCUT2D eigenvalue weighted by atomic mass is 32.1. The van der Waals surface area contributed by atoms with Gasteiger partial charge in [-0.15, -0.1) is 11.3 Å². The van der Waals surface area contributed by atoms with Gasteiger partial charge in [0.2, 0.25) is 0 Å². The molecule has 2 atom stereocenters. The Morgan fingerprint density at radius 2 is 2.05 bits per heavy atom. The van der Waals surface area contributed by atoms with Gasteiger partial charge < -0.3 is 5.73 Å². The van der Waals surface area contributed by atoms with Crippen molar-refractivity contribution < 1.29 is 0 Å². The minimum atomic E-state index is 0.659. The minimum absolute atomic E-state index is 0.659. The van der Waals surface area contributed by atoms with E-state index in [4.69, 9.17) is 5.73 Å². The third kappa shape index (κ3) is 2.62. The lowest BCUT2D eigenvalue weighted by Crippen LogP contribution is -2.40. The maximum Gasteiger partial charge on any atom is 0.0349 e. The smallest absolute Gasteiger partial charge is 0.0349 e. The second-order valence-electron chi connectivity index (χ2n) is 6.17. The van der Waals surface area contributed by atoms with E-state index in [1.807, 2.05) is 11.3 Å². The first-order chi connectivity index (χ1) is 9.69. The number of hydrogen-bond acceptors (Lipinski definition) is 3. The molecular formula is C17H24N2S. The zero-order chi connectivity index (χ0) is 14.1. The van der Waals surface area contributed by atoms with E-state index in [1.165, 1.54) is 39.9 Å². The second kappa shape index (κ2) is 5.84. The van der Waals surface area contributed by atoms with Crippen LogP contribution < -0.4 is 5.73 Å². The highest BCUT2D eigenvalue weighted by Crippen LogP contribution is 2.33. The monoisotopic (exact) mass is 288 g/mol. The predicted octanol–water partition coefficient (Wildman–Crippen LogP) is 3.98. The first-order valence-electron chi connectivity index (χ1n) is 7.62. The number of benzene rings is 1. The van der Waals surface area contributed by atoms with E-state index >= 15 is 0 Å². The van der Waals surface area contributed by atoms with Gasteiger partial charge in [0.1, 0.15) is 0 Å². The molecule has 1 aromatic heterocycles. The Hall–Kier alpha value is -0.900. The van der Waals surface area contributed by atoms with Crippen molar-refractivity contribution in [2.45, 2.75) is 45.8 Å². The average molecular weight is 288 g/mol. The molecule has 1 aromatic carbocycles. The van der Waals surface area contributed by atoms with Gasteiger partial charge in [0.15, 0.2) is 0 Å². The molecule has 2 N–H and O–H groups in total. The first kappa shape index (κ1) is 14.1. The van der Waals surface area contributed by atoms with Crippen LogP contribution in [0, 0.1) is 5.92 Å². The molecule has 0 aliphatic carbocycles. The summed E-state index contributed by atoms with van der Waals surface area (Å²) in [7, 11) is 0. The third-order valence-corrected chi connectivity index (χ3v) is 5.81. The van der Waals surface area contributed by atoms with Crippen LogP contribution in [0.3, 0.4) is 0 Å². The standard InChI is InChI=1S/C17H24N2S/c1-12-7-8-13(2)19(10-12)11-15-14-5-3-4-6-16(14)20-17(15)9-18/h3-6,12-13H,7-11,18H2,1-2H3. The molecule has 0 spiro atoms. The Labute approximate surface area is 125 Å². The number of nitrogens with zero attached hydrogens (tertiary/aromatic N) is 1. The summed E-state index contributed by atoms with van der Waals surface area (Å²) in [5.41, 5.74) is 7.44. The molecule has 1 fully saturated rings. The number of likely N-dealkylation sites (tertiary alicyclic amines) is 1. The molecule has 2 aromatic rings. The summed E-state index contributed by atoms with van der Waals surface area (Å²) >= 11 is 1.86. The summed E-state index contributed by atoms with van der Waals surface area (Å²) in [6.45, 7) is 7.67. The van der Waals surface area contributed by atoms with Crippen molar-refractivity contribution >= 4 is 21.4 Å². The van der Waals surface area contributed by atoms with Crippen LogP contribution in [0.4, 0.5) is 0 Å². The molecule has 3 rings (SSSR count). The van der Waals surface area contributed by atoms with Crippen LogP contribution in [0.15, 0.2) is 24.3 Å². The van der Waals surface area contributed by atoms with Crippen molar-refractivity contribution in [3.63, 3.8) is 0 Å². The number of nitrogens with two attached hydrogens (primary N) is 1. The fourth-order valence-corrected chi connectivity index (χ4v) is 4.39. The van der Waals surface area contributed by atoms with Crippen LogP contribution in [0.2, 0.25) is 0 Å². The molecule has 2 unspecified atom stereocenters. The van der Waals surface area contributed by atoms with Gasteiger partial charge in [-0.3, -0.25) is 4.90 Å². The lowest BCUT2D eigenvalue weighted by atomic mass is 9.94. The number of rotatable bonds is 3. The van der Waals surface area contributed by atoms with Gasteiger partial charge in [0.25, 0.3) is 0 Å². The van der Waals surface area contributed by atoms with Gasteiger partial charge in [0.05, 0.1) is 0 Å². The van der Waals surface area contributed by atoms with Gasteiger partial charge in [0, 0.05) is 35.3 Å². The first-order valence-corrected chi connectivity index (χ1v) is 8.44. The van der Waals surface area contributed by atoms with Gasteiger partial charge in [-0.1, -0.05) is 25.1 Å². The summed E-state index contributed by atoms with van der Waals surface area (Å²) in [4.78, 5) is 4.00. The lowest BCUT2D eigenvalue weighted by Gasteiger charge is -2.37. The van der Waals surface area contributed by atoms with Crippen LogP contribution >= 0.6 is 11.3 Å². The maximum absolute atomic E-state index is 5.97. The van der Waals surface area contributed by atoms with Crippen molar-refractivity contribution in [1.82, 2.24) is 4.90 Å². The lowest BCUT2D eigenvalue weighted by molar-refractivity contribution is 0.117. The van der Waals surface area contributed by atoms with E-state index in [-0.39, 0.29) is 0 Å². The fourth-order valence-electron chi connectivity index (χ4n) is 3.29. The SMILES string of the molecule is CC1CCC(C)N(Cc2c(CN)sc3ccccc23)C1. The number of fused-ring (bicyclic) bond motifs is 1. The molecule has 108 valence electrons. The van der Waals surface area contributed by atoms with E-state index in [2.05, 4.69) is 43.0 Å². The van der Waals surface area contributed by atoms with Crippen molar-refractivity contribution in [3.8, 4) is 0 Å². The topological polar surface area (TPSA) is 29.3 Å². The summed E-state index contributed by atoms with van der Waals surface area (Å²) in [5, 5.41) is 1.41. The van der Waals surface area contributed by atoms with E-state index in [1.54, 1.807) is 0 Å². The summed E-state index contributed by atoms with van der Waals surface area (Å²) < 4.78 is 1.38. The molecule has 1 saturated heterocycles. The van der Waals surface area contributed by atoms with Crippen LogP contribution in [0.25, 0.3) is 10.1 Å². The van der Waals surface area contributed by atoms with Crippen LogP contribution in [0.1, 0.15) is 37.1 Å². The number of hydrogen-bond donors (Lipinski definition) is 1. The van der Waals surface area contributed by atoms with Gasteiger partial charge in [-0.25, -0.2) is 0 Å².